The summed E-state index contributed by atoms with van der Waals surface area (Å²) in [7, 11) is 0. The summed E-state index contributed by atoms with van der Waals surface area (Å²) in [6.07, 6.45) is 0. The van der Waals surface area contributed by atoms with E-state index in [0.29, 0.717) is 47.7 Å². The number of fused-ring (bicyclic) bond motifs is 1. The monoisotopic (exact) mass is 449 g/mol. The summed E-state index contributed by atoms with van der Waals surface area (Å²) in [4.78, 5) is 30.4. The Bertz CT molecular complexity index is 1260. The number of thiophene rings is 1. The molecule has 1 saturated heterocycles. The SMILES string of the molecule is O=C(Nc1c(C(=O)N2CCN(c3ccc(F)cc3)CC2)oc2ccccc12)c1cccs1. The lowest BCUT2D eigenvalue weighted by molar-refractivity contribution is 0.0718. The Labute approximate surface area is 187 Å². The molecule has 1 aliphatic heterocycles. The second-order valence-corrected chi connectivity index (χ2v) is 8.44. The first-order chi connectivity index (χ1) is 15.6. The summed E-state index contributed by atoms with van der Waals surface area (Å²) >= 11 is 1.33. The standard InChI is InChI=1S/C24H20FN3O3S/c25-16-7-9-17(10-8-16)27-11-13-28(14-12-27)24(30)22-21(18-4-1-2-5-19(18)31-22)26-23(29)20-6-3-15-32-20/h1-10,15H,11-14H2,(H,26,29). The van der Waals surface area contributed by atoms with Gasteiger partial charge in [0.25, 0.3) is 11.8 Å². The summed E-state index contributed by atoms with van der Waals surface area (Å²) in [5.41, 5.74) is 1.86. The van der Waals surface area contributed by atoms with Crippen LogP contribution in [0.1, 0.15) is 20.2 Å². The van der Waals surface area contributed by atoms with E-state index in [0.717, 1.165) is 5.69 Å². The average molecular weight is 450 g/mol. The molecule has 0 bridgehead atoms. The van der Waals surface area contributed by atoms with Gasteiger partial charge in [0.2, 0.25) is 5.76 Å². The lowest BCUT2D eigenvalue weighted by Crippen LogP contribution is -2.48. The number of anilines is 2. The fourth-order valence-electron chi connectivity index (χ4n) is 3.87. The molecule has 2 aromatic heterocycles. The van der Waals surface area contributed by atoms with E-state index in [9.17, 15) is 14.0 Å². The van der Waals surface area contributed by atoms with Crippen LogP contribution >= 0.6 is 11.3 Å². The Balaban J connectivity index is 1.38. The molecule has 2 amide bonds. The molecule has 4 aromatic rings. The summed E-state index contributed by atoms with van der Waals surface area (Å²) in [6, 6.07) is 17.2. The molecule has 1 fully saturated rings. The van der Waals surface area contributed by atoms with Crippen molar-refractivity contribution in [3.05, 3.63) is 82.5 Å². The maximum Gasteiger partial charge on any atom is 0.291 e. The van der Waals surface area contributed by atoms with Gasteiger partial charge in [0.15, 0.2) is 0 Å². The highest BCUT2D eigenvalue weighted by molar-refractivity contribution is 7.12. The van der Waals surface area contributed by atoms with E-state index in [1.54, 1.807) is 35.2 Å². The van der Waals surface area contributed by atoms with Crippen molar-refractivity contribution in [1.29, 1.82) is 0 Å². The Kier molecular flexibility index (Phi) is 5.36. The smallest absolute Gasteiger partial charge is 0.291 e. The summed E-state index contributed by atoms with van der Waals surface area (Å²) in [6.45, 7) is 2.22. The number of amides is 2. The number of halogens is 1. The number of piperazine rings is 1. The Morgan fingerprint density at radius 3 is 2.41 bits per heavy atom. The first-order valence-corrected chi connectivity index (χ1v) is 11.1. The van der Waals surface area contributed by atoms with Crippen LogP contribution in [0.2, 0.25) is 0 Å². The molecule has 1 N–H and O–H groups in total. The molecule has 2 aromatic carbocycles. The number of carbonyl (C=O) groups excluding carboxylic acids is 2. The predicted molar refractivity (Wildman–Crippen MR) is 123 cm³/mol. The summed E-state index contributed by atoms with van der Waals surface area (Å²) in [5, 5.41) is 5.39. The molecule has 0 atom stereocenters. The van der Waals surface area contributed by atoms with Crippen LogP contribution in [0.3, 0.4) is 0 Å². The van der Waals surface area contributed by atoms with Crippen molar-refractivity contribution >= 4 is 45.5 Å². The molecular weight excluding hydrogens is 429 g/mol. The summed E-state index contributed by atoms with van der Waals surface area (Å²) < 4.78 is 19.1. The number of hydrogen-bond acceptors (Lipinski definition) is 5. The molecule has 0 radical (unpaired) electrons. The zero-order valence-electron chi connectivity index (χ0n) is 17.1. The highest BCUT2D eigenvalue weighted by Crippen LogP contribution is 2.33. The molecular formula is C24H20FN3O3S. The maximum atomic E-state index is 13.4. The molecule has 0 spiro atoms. The molecule has 0 aliphatic carbocycles. The number of nitrogens with zero attached hydrogens (tertiary/aromatic N) is 2. The minimum absolute atomic E-state index is 0.131. The van der Waals surface area contributed by atoms with Gasteiger partial charge in [0, 0.05) is 37.3 Å². The van der Waals surface area contributed by atoms with Gasteiger partial charge in [-0.1, -0.05) is 18.2 Å². The zero-order valence-corrected chi connectivity index (χ0v) is 17.9. The van der Waals surface area contributed by atoms with E-state index < -0.39 is 0 Å². The number of carbonyl (C=O) groups is 2. The third-order valence-corrected chi connectivity index (χ3v) is 6.40. The Morgan fingerprint density at radius 2 is 1.69 bits per heavy atom. The van der Waals surface area contributed by atoms with Gasteiger partial charge < -0.3 is 19.5 Å². The van der Waals surface area contributed by atoms with E-state index in [1.165, 1.54) is 23.5 Å². The molecule has 1 aliphatic rings. The number of para-hydroxylation sites is 1. The van der Waals surface area contributed by atoms with Crippen LogP contribution < -0.4 is 10.2 Å². The zero-order chi connectivity index (χ0) is 22.1. The summed E-state index contributed by atoms with van der Waals surface area (Å²) in [5.74, 6) is -0.681. The molecule has 0 saturated carbocycles. The molecule has 5 rings (SSSR count). The van der Waals surface area contributed by atoms with Crippen LogP contribution in [0.15, 0.2) is 70.5 Å². The second-order valence-electron chi connectivity index (χ2n) is 7.49. The highest BCUT2D eigenvalue weighted by atomic mass is 32.1. The fraction of sp³-hybridized carbons (Fsp3) is 0.167. The van der Waals surface area contributed by atoms with Crippen molar-refractivity contribution in [2.24, 2.45) is 0 Å². The van der Waals surface area contributed by atoms with E-state index in [-0.39, 0.29) is 23.4 Å². The van der Waals surface area contributed by atoms with Gasteiger partial charge in [0.1, 0.15) is 17.1 Å². The molecule has 32 heavy (non-hydrogen) atoms. The third kappa shape index (κ3) is 3.85. The fourth-order valence-corrected chi connectivity index (χ4v) is 4.49. The van der Waals surface area contributed by atoms with Gasteiger partial charge in [-0.2, -0.15) is 0 Å². The highest BCUT2D eigenvalue weighted by Gasteiger charge is 2.29. The molecule has 0 unspecified atom stereocenters. The van der Waals surface area contributed by atoms with Gasteiger partial charge in [-0.25, -0.2) is 4.39 Å². The van der Waals surface area contributed by atoms with Crippen molar-refractivity contribution in [3.63, 3.8) is 0 Å². The van der Waals surface area contributed by atoms with Crippen molar-refractivity contribution in [3.8, 4) is 0 Å². The van der Waals surface area contributed by atoms with E-state index in [4.69, 9.17) is 4.42 Å². The lowest BCUT2D eigenvalue weighted by atomic mass is 10.2. The maximum absolute atomic E-state index is 13.4. The average Bonchev–Trinajstić information content (AvgIpc) is 3.48. The minimum Gasteiger partial charge on any atom is -0.449 e. The number of rotatable bonds is 4. The van der Waals surface area contributed by atoms with Crippen LogP contribution in [-0.2, 0) is 0 Å². The van der Waals surface area contributed by atoms with Gasteiger partial charge in [0.05, 0.1) is 4.88 Å². The molecule has 6 nitrogen and oxygen atoms in total. The Morgan fingerprint density at radius 1 is 0.938 bits per heavy atom. The third-order valence-electron chi connectivity index (χ3n) is 5.53. The van der Waals surface area contributed by atoms with Crippen LogP contribution in [0.4, 0.5) is 15.8 Å². The number of furan rings is 1. The number of hydrogen-bond donors (Lipinski definition) is 1. The van der Waals surface area contributed by atoms with Gasteiger partial charge in [-0.3, -0.25) is 9.59 Å². The topological polar surface area (TPSA) is 65.8 Å². The second kappa shape index (κ2) is 8.47. The van der Waals surface area contributed by atoms with Crippen molar-refractivity contribution in [2.45, 2.75) is 0 Å². The van der Waals surface area contributed by atoms with E-state index >= 15 is 0 Å². The van der Waals surface area contributed by atoms with Crippen molar-refractivity contribution in [1.82, 2.24) is 4.90 Å². The van der Waals surface area contributed by atoms with Gasteiger partial charge in [-0.15, -0.1) is 11.3 Å². The van der Waals surface area contributed by atoms with E-state index in [2.05, 4.69) is 10.2 Å². The van der Waals surface area contributed by atoms with Gasteiger partial charge in [-0.05, 0) is 47.8 Å². The van der Waals surface area contributed by atoms with Crippen LogP contribution in [0, 0.1) is 5.82 Å². The molecule has 162 valence electrons. The quantitative estimate of drug-likeness (QED) is 0.484. The van der Waals surface area contributed by atoms with Crippen molar-refractivity contribution < 1.29 is 18.4 Å². The molecule has 3 heterocycles. The Hall–Kier alpha value is -3.65. The first kappa shape index (κ1) is 20.3. The molecule has 8 heteroatoms. The van der Waals surface area contributed by atoms with Crippen LogP contribution in [-0.4, -0.2) is 42.9 Å². The normalized spacial score (nSPS) is 14.0. The van der Waals surface area contributed by atoms with Crippen LogP contribution in [0.5, 0.6) is 0 Å². The van der Waals surface area contributed by atoms with E-state index in [1.807, 2.05) is 23.6 Å². The van der Waals surface area contributed by atoms with Gasteiger partial charge >= 0.3 is 0 Å². The van der Waals surface area contributed by atoms with Crippen molar-refractivity contribution in [2.75, 3.05) is 36.4 Å². The number of nitrogens with one attached hydrogen (secondary N) is 1. The number of benzene rings is 2. The largest absolute Gasteiger partial charge is 0.449 e. The lowest BCUT2D eigenvalue weighted by Gasteiger charge is -2.35. The van der Waals surface area contributed by atoms with Crippen LogP contribution in [0.25, 0.3) is 11.0 Å². The predicted octanol–water partition coefficient (Wildman–Crippen LogP) is 4.85. The first-order valence-electron chi connectivity index (χ1n) is 10.3. The minimum atomic E-state index is -0.276.